The molecule has 30 heavy (non-hydrogen) atoms. The van der Waals surface area contributed by atoms with Crippen LogP contribution in [0.2, 0.25) is 0 Å². The first-order valence-corrected chi connectivity index (χ1v) is 10.6. The minimum absolute atomic E-state index is 0.0680. The van der Waals surface area contributed by atoms with Crippen LogP contribution >= 0.6 is 0 Å². The molecule has 0 saturated carbocycles. The number of sulfonamides is 1. The minimum atomic E-state index is -4.86. The monoisotopic (exact) mass is 442 g/mol. The van der Waals surface area contributed by atoms with Gasteiger partial charge in [-0.15, -0.1) is 13.2 Å². The van der Waals surface area contributed by atoms with Crippen LogP contribution in [0.1, 0.15) is 26.3 Å². The summed E-state index contributed by atoms with van der Waals surface area (Å²) in [4.78, 5) is 14.1. The van der Waals surface area contributed by atoms with E-state index < -0.39 is 27.6 Å². The highest BCUT2D eigenvalue weighted by Crippen LogP contribution is 2.34. The van der Waals surface area contributed by atoms with E-state index in [4.69, 9.17) is 0 Å². The topological polar surface area (TPSA) is 75.7 Å². The number of alkyl halides is 3. The third-order valence-corrected chi connectivity index (χ3v) is 5.88. The van der Waals surface area contributed by atoms with Crippen molar-refractivity contribution in [1.29, 1.82) is 0 Å². The Bertz CT molecular complexity index is 1060. The summed E-state index contributed by atoms with van der Waals surface area (Å²) in [5.74, 6) is -0.586. The van der Waals surface area contributed by atoms with Crippen LogP contribution in [-0.2, 0) is 21.2 Å². The van der Waals surface area contributed by atoms with Gasteiger partial charge in [-0.3, -0.25) is 9.52 Å². The number of benzene rings is 2. The number of carbonyl (C=O) groups is 1. The maximum atomic E-state index is 12.7. The summed E-state index contributed by atoms with van der Waals surface area (Å²) in [7, 11) is -4.05. The van der Waals surface area contributed by atoms with E-state index in [1.54, 1.807) is 23.1 Å². The Morgan fingerprint density at radius 2 is 1.70 bits per heavy atom. The molecule has 162 valence electrons. The lowest BCUT2D eigenvalue weighted by Gasteiger charge is -2.26. The Balaban J connectivity index is 1.82. The molecule has 1 aliphatic heterocycles. The van der Waals surface area contributed by atoms with Crippen LogP contribution in [0.4, 0.5) is 24.5 Å². The number of hydrogen-bond donors (Lipinski definition) is 1. The molecule has 0 atom stereocenters. The molecule has 0 unspecified atom stereocenters. The number of ether oxygens (including phenoxy) is 1. The zero-order valence-electron chi connectivity index (χ0n) is 16.6. The number of fused-ring (bicyclic) bond motifs is 1. The van der Waals surface area contributed by atoms with Crippen LogP contribution in [0, 0.1) is 5.41 Å². The predicted molar refractivity (Wildman–Crippen MR) is 106 cm³/mol. The second-order valence-corrected chi connectivity index (χ2v) is 9.61. The van der Waals surface area contributed by atoms with Gasteiger partial charge < -0.3 is 9.64 Å². The van der Waals surface area contributed by atoms with E-state index in [0.717, 1.165) is 29.8 Å². The van der Waals surface area contributed by atoms with E-state index in [1.807, 2.05) is 20.8 Å². The maximum absolute atomic E-state index is 12.7. The van der Waals surface area contributed by atoms with Crippen LogP contribution in [0.5, 0.6) is 5.75 Å². The lowest BCUT2D eigenvalue weighted by molar-refractivity contribution is -0.274. The van der Waals surface area contributed by atoms with Crippen molar-refractivity contribution in [3.8, 4) is 5.75 Å². The Labute approximate surface area is 172 Å². The molecule has 0 bridgehead atoms. The fraction of sp³-hybridized carbons (Fsp3) is 0.350. The first kappa shape index (κ1) is 21.9. The minimum Gasteiger partial charge on any atom is -0.406 e. The maximum Gasteiger partial charge on any atom is 0.573 e. The van der Waals surface area contributed by atoms with Crippen LogP contribution < -0.4 is 14.4 Å². The van der Waals surface area contributed by atoms with Gasteiger partial charge in [0, 0.05) is 17.6 Å². The summed E-state index contributed by atoms with van der Waals surface area (Å²) in [6, 6.07) is 8.82. The van der Waals surface area contributed by atoms with Crippen LogP contribution in [0.3, 0.4) is 0 Å². The van der Waals surface area contributed by atoms with Gasteiger partial charge in [-0.25, -0.2) is 8.42 Å². The van der Waals surface area contributed by atoms with Crippen LogP contribution in [0.25, 0.3) is 0 Å². The molecule has 0 radical (unpaired) electrons. The van der Waals surface area contributed by atoms with Crippen LogP contribution in [0.15, 0.2) is 47.4 Å². The highest BCUT2D eigenvalue weighted by molar-refractivity contribution is 7.92. The molecule has 0 saturated heterocycles. The number of nitrogens with one attached hydrogen (secondary N) is 1. The molecule has 1 amide bonds. The third-order valence-electron chi connectivity index (χ3n) is 4.49. The van der Waals surface area contributed by atoms with Gasteiger partial charge in [0.1, 0.15) is 5.75 Å². The summed E-state index contributed by atoms with van der Waals surface area (Å²) < 4.78 is 68.1. The standard InChI is InChI=1S/C20H21F3N2O4S/c1-19(2,3)18(26)25-11-10-13-4-5-14(12-17(13)25)24-30(27,28)16-8-6-15(7-9-16)29-20(21,22)23/h4-9,12,24H,10-11H2,1-3H3. The molecule has 0 fully saturated rings. The molecule has 0 aliphatic carbocycles. The molecule has 2 aromatic carbocycles. The van der Waals surface area contributed by atoms with E-state index in [-0.39, 0.29) is 16.5 Å². The second kappa shape index (κ2) is 7.50. The van der Waals surface area contributed by atoms with Crippen molar-refractivity contribution in [3.05, 3.63) is 48.0 Å². The second-order valence-electron chi connectivity index (χ2n) is 7.92. The molecular weight excluding hydrogens is 421 g/mol. The van der Waals surface area contributed by atoms with Gasteiger partial charge in [0.2, 0.25) is 5.91 Å². The largest absolute Gasteiger partial charge is 0.573 e. The third kappa shape index (κ3) is 4.86. The molecule has 6 nitrogen and oxygen atoms in total. The fourth-order valence-corrected chi connectivity index (χ4v) is 4.14. The first-order valence-electron chi connectivity index (χ1n) is 9.10. The van der Waals surface area contributed by atoms with Gasteiger partial charge in [-0.1, -0.05) is 26.8 Å². The molecule has 0 aromatic heterocycles. The number of anilines is 2. The lowest BCUT2D eigenvalue weighted by Crippen LogP contribution is -2.38. The van der Waals surface area contributed by atoms with E-state index in [0.29, 0.717) is 18.7 Å². The van der Waals surface area contributed by atoms with E-state index in [9.17, 15) is 26.4 Å². The lowest BCUT2D eigenvalue weighted by atomic mass is 9.94. The Hall–Kier alpha value is -2.75. The Kier molecular flexibility index (Phi) is 5.48. The van der Waals surface area contributed by atoms with Crippen molar-refractivity contribution in [2.75, 3.05) is 16.2 Å². The number of nitrogens with zero attached hydrogens (tertiary/aromatic N) is 1. The van der Waals surface area contributed by atoms with Crippen molar-refractivity contribution < 1.29 is 31.1 Å². The number of halogens is 3. The average molecular weight is 442 g/mol. The van der Waals surface area contributed by atoms with Crippen molar-refractivity contribution in [3.63, 3.8) is 0 Å². The van der Waals surface area contributed by atoms with Crippen LogP contribution in [-0.4, -0.2) is 27.2 Å². The highest BCUT2D eigenvalue weighted by Gasteiger charge is 2.33. The Morgan fingerprint density at radius 3 is 2.27 bits per heavy atom. The van der Waals surface area contributed by atoms with Gasteiger partial charge in [0.25, 0.3) is 10.0 Å². The van der Waals surface area contributed by atoms with E-state index >= 15 is 0 Å². The van der Waals surface area contributed by atoms with Crippen molar-refractivity contribution in [1.82, 2.24) is 0 Å². The summed E-state index contributed by atoms with van der Waals surface area (Å²) in [5, 5.41) is 0. The summed E-state index contributed by atoms with van der Waals surface area (Å²) in [6.45, 7) is 5.95. The molecule has 1 N–H and O–H groups in total. The quantitative estimate of drug-likeness (QED) is 0.765. The number of carbonyl (C=O) groups excluding carboxylic acids is 1. The van der Waals surface area contributed by atoms with E-state index in [1.165, 1.54) is 0 Å². The molecular formula is C20H21F3N2O4S. The van der Waals surface area contributed by atoms with Gasteiger partial charge in [-0.05, 0) is 48.4 Å². The number of rotatable bonds is 4. The van der Waals surface area contributed by atoms with Gasteiger partial charge in [0.15, 0.2) is 0 Å². The highest BCUT2D eigenvalue weighted by atomic mass is 32.2. The molecule has 10 heteroatoms. The summed E-state index contributed by atoms with van der Waals surface area (Å²) in [6.07, 6.45) is -4.19. The first-order chi connectivity index (χ1) is 13.8. The number of amides is 1. The fourth-order valence-electron chi connectivity index (χ4n) is 3.09. The van der Waals surface area contributed by atoms with E-state index in [2.05, 4.69) is 9.46 Å². The molecule has 1 heterocycles. The average Bonchev–Trinajstić information content (AvgIpc) is 3.02. The van der Waals surface area contributed by atoms with Crippen molar-refractivity contribution >= 4 is 27.3 Å². The molecule has 1 aliphatic rings. The predicted octanol–water partition coefficient (Wildman–Crippen LogP) is 4.32. The zero-order chi connectivity index (χ0) is 22.3. The summed E-state index contributed by atoms with van der Waals surface area (Å²) in [5.41, 5.74) is 1.24. The summed E-state index contributed by atoms with van der Waals surface area (Å²) >= 11 is 0. The smallest absolute Gasteiger partial charge is 0.406 e. The number of hydrogen-bond acceptors (Lipinski definition) is 4. The SMILES string of the molecule is CC(C)(C)C(=O)N1CCc2ccc(NS(=O)(=O)c3ccc(OC(F)(F)F)cc3)cc21. The van der Waals surface area contributed by atoms with Gasteiger partial charge in [0.05, 0.1) is 10.6 Å². The van der Waals surface area contributed by atoms with Gasteiger partial charge >= 0.3 is 6.36 Å². The van der Waals surface area contributed by atoms with Gasteiger partial charge in [-0.2, -0.15) is 0 Å². The van der Waals surface area contributed by atoms with Crippen molar-refractivity contribution in [2.24, 2.45) is 5.41 Å². The Morgan fingerprint density at radius 1 is 1.07 bits per heavy atom. The molecule has 0 spiro atoms. The zero-order valence-corrected chi connectivity index (χ0v) is 17.4. The van der Waals surface area contributed by atoms with Crippen molar-refractivity contribution in [2.45, 2.75) is 38.4 Å². The molecule has 3 rings (SSSR count). The normalized spacial score (nSPS) is 14.4. The molecule has 2 aromatic rings.